The van der Waals surface area contributed by atoms with E-state index >= 15 is 0 Å². The van der Waals surface area contributed by atoms with Crippen LogP contribution in [0.5, 0.6) is 5.75 Å². The Morgan fingerprint density at radius 2 is 1.92 bits per heavy atom. The molecule has 5 nitrogen and oxygen atoms in total. The molecule has 1 fully saturated rings. The Bertz CT molecular complexity index is 510. The number of likely N-dealkylation sites (tertiary alicyclic amines) is 1. The van der Waals surface area contributed by atoms with Crippen molar-refractivity contribution < 1.29 is 14.3 Å². The molecule has 1 amide bonds. The van der Waals surface area contributed by atoms with E-state index in [0.717, 1.165) is 51.2 Å². The predicted molar refractivity (Wildman–Crippen MR) is 99.7 cm³/mol. The largest absolute Gasteiger partial charge is 0.497 e. The molecular weight excluding hydrogens is 316 g/mol. The topological polar surface area (TPSA) is 50.8 Å². The van der Waals surface area contributed by atoms with E-state index in [1.165, 1.54) is 5.56 Å². The molecule has 1 heterocycles. The first-order valence-electron chi connectivity index (χ1n) is 9.40. The van der Waals surface area contributed by atoms with Crippen molar-refractivity contribution in [2.75, 3.05) is 33.4 Å². The zero-order valence-corrected chi connectivity index (χ0v) is 15.8. The molecule has 0 saturated carbocycles. The maximum absolute atomic E-state index is 12.1. The Kier molecular flexibility index (Phi) is 8.22. The molecule has 1 N–H and O–H groups in total. The van der Waals surface area contributed by atoms with Crippen molar-refractivity contribution in [2.24, 2.45) is 5.92 Å². The molecule has 1 atom stereocenters. The number of piperidine rings is 1. The van der Waals surface area contributed by atoms with Crippen LogP contribution in [-0.2, 0) is 16.1 Å². The third-order valence-corrected chi connectivity index (χ3v) is 4.87. The average Bonchev–Trinajstić information content (AvgIpc) is 2.66. The smallest absolute Gasteiger partial charge is 0.249 e. The van der Waals surface area contributed by atoms with Crippen LogP contribution in [0.25, 0.3) is 0 Å². The van der Waals surface area contributed by atoms with Gasteiger partial charge in [-0.3, -0.25) is 9.69 Å². The third-order valence-electron chi connectivity index (χ3n) is 4.87. The number of hydrogen-bond donors (Lipinski definition) is 1. The monoisotopic (exact) mass is 348 g/mol. The number of methoxy groups -OCH3 is 1. The van der Waals surface area contributed by atoms with Crippen molar-refractivity contribution in [1.29, 1.82) is 0 Å². The molecule has 5 heteroatoms. The molecule has 140 valence electrons. The Hall–Kier alpha value is -1.59. The summed E-state index contributed by atoms with van der Waals surface area (Å²) < 4.78 is 10.7. The number of nitrogens with one attached hydrogen (secondary N) is 1. The van der Waals surface area contributed by atoms with E-state index in [1.54, 1.807) is 7.11 Å². The minimum absolute atomic E-state index is 0.0324. The summed E-state index contributed by atoms with van der Waals surface area (Å²) >= 11 is 0. The predicted octanol–water partition coefficient (Wildman–Crippen LogP) is 2.84. The number of carbonyl (C=O) groups excluding carboxylic acids is 1. The molecule has 1 aliphatic rings. The molecule has 1 saturated heterocycles. The van der Waals surface area contributed by atoms with Gasteiger partial charge in [0.15, 0.2) is 0 Å². The lowest BCUT2D eigenvalue weighted by atomic mass is 9.96. The number of ether oxygens (including phenoxy) is 2. The Balaban J connectivity index is 1.69. The van der Waals surface area contributed by atoms with Gasteiger partial charge in [-0.05, 0) is 62.9 Å². The molecule has 0 aliphatic carbocycles. The highest BCUT2D eigenvalue weighted by Gasteiger charge is 2.22. The Labute approximate surface area is 151 Å². The van der Waals surface area contributed by atoms with Crippen LogP contribution in [-0.4, -0.2) is 50.3 Å². The zero-order valence-electron chi connectivity index (χ0n) is 15.8. The summed E-state index contributed by atoms with van der Waals surface area (Å²) in [6.07, 6.45) is 2.67. The summed E-state index contributed by atoms with van der Waals surface area (Å²) in [6, 6.07) is 8.29. The number of hydrogen-bond acceptors (Lipinski definition) is 4. The normalized spacial score (nSPS) is 17.2. The molecule has 0 bridgehead atoms. The lowest BCUT2D eigenvalue weighted by molar-refractivity contribution is -0.133. The number of benzene rings is 1. The zero-order chi connectivity index (χ0) is 18.1. The third kappa shape index (κ3) is 6.33. The molecule has 0 radical (unpaired) electrons. The highest BCUT2D eigenvalue weighted by atomic mass is 16.5. The minimum atomic E-state index is -0.305. The fraction of sp³-hybridized carbons (Fsp3) is 0.650. The highest BCUT2D eigenvalue weighted by Crippen LogP contribution is 2.19. The Morgan fingerprint density at radius 1 is 1.24 bits per heavy atom. The van der Waals surface area contributed by atoms with Gasteiger partial charge in [-0.1, -0.05) is 19.1 Å². The van der Waals surface area contributed by atoms with Crippen LogP contribution >= 0.6 is 0 Å². The van der Waals surface area contributed by atoms with Crippen LogP contribution in [0.1, 0.15) is 38.7 Å². The maximum atomic E-state index is 12.1. The molecule has 1 aliphatic heterocycles. The van der Waals surface area contributed by atoms with Crippen molar-refractivity contribution in [3.63, 3.8) is 0 Å². The van der Waals surface area contributed by atoms with Gasteiger partial charge in [0.2, 0.25) is 5.91 Å². The molecule has 0 spiro atoms. The second-order valence-corrected chi connectivity index (χ2v) is 6.66. The summed E-state index contributed by atoms with van der Waals surface area (Å²) in [6.45, 7) is 8.39. The van der Waals surface area contributed by atoms with Crippen molar-refractivity contribution >= 4 is 5.91 Å². The first kappa shape index (κ1) is 19.7. The van der Waals surface area contributed by atoms with Gasteiger partial charge >= 0.3 is 0 Å². The number of rotatable bonds is 9. The summed E-state index contributed by atoms with van der Waals surface area (Å²) in [5.41, 5.74) is 1.31. The number of nitrogens with zero attached hydrogens (tertiary/aromatic N) is 1. The molecular formula is C20H32N2O3. The van der Waals surface area contributed by atoms with E-state index < -0.39 is 0 Å². The summed E-state index contributed by atoms with van der Waals surface area (Å²) in [5.74, 6) is 1.50. The lowest BCUT2D eigenvalue weighted by Crippen LogP contribution is -2.42. The first-order chi connectivity index (χ1) is 12.2. The molecule has 25 heavy (non-hydrogen) atoms. The van der Waals surface area contributed by atoms with Gasteiger partial charge in [0.1, 0.15) is 11.9 Å². The van der Waals surface area contributed by atoms with Crippen molar-refractivity contribution in [1.82, 2.24) is 10.2 Å². The van der Waals surface area contributed by atoms with Crippen molar-refractivity contribution in [3.8, 4) is 5.75 Å². The first-order valence-corrected chi connectivity index (χ1v) is 9.40. The van der Waals surface area contributed by atoms with Gasteiger partial charge in [0, 0.05) is 19.7 Å². The molecule has 1 unspecified atom stereocenters. The lowest BCUT2D eigenvalue weighted by Gasteiger charge is -2.32. The van der Waals surface area contributed by atoms with Crippen LogP contribution < -0.4 is 10.1 Å². The maximum Gasteiger partial charge on any atom is 0.249 e. The van der Waals surface area contributed by atoms with E-state index in [4.69, 9.17) is 9.47 Å². The van der Waals surface area contributed by atoms with Crippen LogP contribution in [0, 0.1) is 5.92 Å². The summed E-state index contributed by atoms with van der Waals surface area (Å²) in [7, 11) is 1.69. The van der Waals surface area contributed by atoms with Crippen molar-refractivity contribution in [3.05, 3.63) is 29.8 Å². The van der Waals surface area contributed by atoms with Gasteiger partial charge < -0.3 is 14.8 Å². The SMILES string of the molecule is CCOC(CC)C(=O)NCC1CCN(Cc2ccc(OC)cc2)CC1. The van der Waals surface area contributed by atoms with Gasteiger partial charge in [-0.15, -0.1) is 0 Å². The second kappa shape index (κ2) is 10.4. The number of carbonyl (C=O) groups is 1. The highest BCUT2D eigenvalue weighted by molar-refractivity contribution is 5.80. The van der Waals surface area contributed by atoms with Crippen molar-refractivity contribution in [2.45, 2.75) is 45.8 Å². The van der Waals surface area contributed by atoms with Gasteiger partial charge in [-0.2, -0.15) is 0 Å². The van der Waals surface area contributed by atoms with Crippen LogP contribution in [0.2, 0.25) is 0 Å². The fourth-order valence-electron chi connectivity index (χ4n) is 3.28. The van der Waals surface area contributed by atoms with Crippen LogP contribution in [0.15, 0.2) is 24.3 Å². The fourth-order valence-corrected chi connectivity index (χ4v) is 3.28. The summed E-state index contributed by atoms with van der Waals surface area (Å²) in [4.78, 5) is 14.6. The van der Waals surface area contributed by atoms with E-state index in [0.29, 0.717) is 12.5 Å². The van der Waals surface area contributed by atoms with E-state index in [-0.39, 0.29) is 12.0 Å². The van der Waals surface area contributed by atoms with Gasteiger partial charge in [0.05, 0.1) is 7.11 Å². The molecule has 0 aromatic heterocycles. The van der Waals surface area contributed by atoms with Gasteiger partial charge in [-0.25, -0.2) is 0 Å². The Morgan fingerprint density at radius 3 is 2.48 bits per heavy atom. The summed E-state index contributed by atoms with van der Waals surface area (Å²) in [5, 5.41) is 3.07. The molecule has 1 aromatic rings. The average molecular weight is 348 g/mol. The standard InChI is InChI=1S/C20H32N2O3/c1-4-19(25-5-2)20(23)21-14-16-10-12-22(13-11-16)15-17-6-8-18(24-3)9-7-17/h6-9,16,19H,4-5,10-15H2,1-3H3,(H,21,23). The number of amides is 1. The van der Waals surface area contributed by atoms with Crippen LogP contribution in [0.3, 0.4) is 0 Å². The minimum Gasteiger partial charge on any atom is -0.497 e. The van der Waals surface area contributed by atoms with E-state index in [9.17, 15) is 4.79 Å². The van der Waals surface area contributed by atoms with Crippen LogP contribution in [0.4, 0.5) is 0 Å². The quantitative estimate of drug-likeness (QED) is 0.746. The molecule has 2 rings (SSSR count). The van der Waals surface area contributed by atoms with E-state index in [2.05, 4.69) is 22.3 Å². The van der Waals surface area contributed by atoms with Gasteiger partial charge in [0.25, 0.3) is 0 Å². The van der Waals surface area contributed by atoms with E-state index in [1.807, 2.05) is 26.0 Å². The second-order valence-electron chi connectivity index (χ2n) is 6.66. The molecule has 1 aromatic carbocycles.